The second-order valence-electron chi connectivity index (χ2n) is 7.83. The molecule has 1 fully saturated rings. The summed E-state index contributed by atoms with van der Waals surface area (Å²) in [6.45, 7) is 0. The van der Waals surface area contributed by atoms with Crippen LogP contribution in [0, 0.1) is 11.6 Å². The lowest BCUT2D eigenvalue weighted by molar-refractivity contribution is 0.407. The summed E-state index contributed by atoms with van der Waals surface area (Å²) in [6.07, 6.45) is 6.04. The van der Waals surface area contributed by atoms with Gasteiger partial charge in [0.2, 0.25) is 0 Å². The van der Waals surface area contributed by atoms with Crippen LogP contribution in [0.5, 0.6) is 5.75 Å². The highest BCUT2D eigenvalue weighted by Gasteiger charge is 2.21. The van der Waals surface area contributed by atoms with Crippen LogP contribution in [0.15, 0.2) is 24.3 Å². The van der Waals surface area contributed by atoms with Gasteiger partial charge in [-0.2, -0.15) is 0 Å². The van der Waals surface area contributed by atoms with Crippen LogP contribution in [0.4, 0.5) is 25.8 Å². The summed E-state index contributed by atoms with van der Waals surface area (Å²) >= 11 is 0. The van der Waals surface area contributed by atoms with Crippen LogP contribution >= 0.6 is 0 Å². The topological polar surface area (TPSA) is 53.2 Å². The van der Waals surface area contributed by atoms with Gasteiger partial charge in [0.1, 0.15) is 17.3 Å². The van der Waals surface area contributed by atoms with Crippen LogP contribution in [0.25, 0.3) is 11.0 Å². The molecule has 0 radical (unpaired) electrons. The maximum Gasteiger partial charge on any atom is 0.153 e. The summed E-state index contributed by atoms with van der Waals surface area (Å²) in [5.74, 6) is 0.174. The van der Waals surface area contributed by atoms with Crippen LogP contribution in [-0.2, 0) is 0 Å². The van der Waals surface area contributed by atoms with Crippen molar-refractivity contribution in [3.8, 4) is 5.75 Å². The molecule has 1 saturated carbocycles. The van der Waals surface area contributed by atoms with Crippen molar-refractivity contribution in [1.29, 1.82) is 0 Å². The van der Waals surface area contributed by atoms with E-state index >= 15 is 0 Å². The van der Waals surface area contributed by atoms with Crippen LogP contribution in [-0.4, -0.2) is 31.2 Å². The number of anilines is 3. The summed E-state index contributed by atoms with van der Waals surface area (Å²) < 4.78 is 33.9. The summed E-state index contributed by atoms with van der Waals surface area (Å²) in [6, 6.07) is 6.14. The third kappa shape index (κ3) is 3.86. The minimum absolute atomic E-state index is 0.138. The Labute approximate surface area is 169 Å². The average Bonchev–Trinajstić information content (AvgIpc) is 3.13. The molecule has 2 aromatic carbocycles. The van der Waals surface area contributed by atoms with E-state index in [1.165, 1.54) is 26.4 Å². The zero-order valence-corrected chi connectivity index (χ0v) is 17.0. The smallest absolute Gasteiger partial charge is 0.153 e. The molecule has 1 aromatic heterocycles. The molecule has 2 N–H and O–H groups in total. The monoisotopic (exact) mass is 400 g/mol. The van der Waals surface area contributed by atoms with Gasteiger partial charge < -0.3 is 19.9 Å². The summed E-state index contributed by atoms with van der Waals surface area (Å²) in [5, 5.41) is 2.93. The Morgan fingerprint density at radius 2 is 1.76 bits per heavy atom. The normalized spacial score (nSPS) is 14.9. The highest BCUT2D eigenvalue weighted by molar-refractivity contribution is 5.90. The van der Waals surface area contributed by atoms with Crippen LogP contribution in [0.2, 0.25) is 0 Å². The number of hydrogen-bond donors (Lipinski definition) is 2. The van der Waals surface area contributed by atoms with Crippen molar-refractivity contribution >= 4 is 28.1 Å². The molecule has 0 unspecified atom stereocenters. The van der Waals surface area contributed by atoms with Gasteiger partial charge in [-0.15, -0.1) is 0 Å². The third-order valence-electron chi connectivity index (χ3n) is 5.60. The highest BCUT2D eigenvalue weighted by atomic mass is 19.1. The van der Waals surface area contributed by atoms with E-state index in [2.05, 4.69) is 10.3 Å². The second kappa shape index (κ2) is 7.89. The molecule has 3 aromatic rings. The van der Waals surface area contributed by atoms with Crippen molar-refractivity contribution in [2.75, 3.05) is 31.4 Å². The molecule has 0 aliphatic heterocycles. The summed E-state index contributed by atoms with van der Waals surface area (Å²) in [4.78, 5) is 10.1. The van der Waals surface area contributed by atoms with E-state index in [1.54, 1.807) is 0 Å². The van der Waals surface area contributed by atoms with E-state index < -0.39 is 11.6 Å². The number of hydrogen-bond acceptors (Lipinski definition) is 4. The first-order valence-electron chi connectivity index (χ1n) is 9.97. The Hall–Kier alpha value is -2.83. The molecule has 1 aliphatic rings. The molecule has 29 heavy (non-hydrogen) atoms. The molecule has 0 saturated heterocycles. The number of nitrogens with zero attached hydrogens (tertiary/aromatic N) is 2. The minimum atomic E-state index is -0.709. The molecular weight excluding hydrogens is 374 g/mol. The third-order valence-corrected chi connectivity index (χ3v) is 5.60. The van der Waals surface area contributed by atoms with Crippen molar-refractivity contribution in [2.45, 2.75) is 38.0 Å². The Bertz CT molecular complexity index is 1000. The van der Waals surface area contributed by atoms with Crippen molar-refractivity contribution in [2.24, 2.45) is 0 Å². The Kier molecular flexibility index (Phi) is 5.30. The van der Waals surface area contributed by atoms with Crippen LogP contribution < -0.4 is 15.0 Å². The van der Waals surface area contributed by atoms with Crippen molar-refractivity contribution in [3.63, 3.8) is 0 Å². The van der Waals surface area contributed by atoms with E-state index in [4.69, 9.17) is 9.72 Å². The van der Waals surface area contributed by atoms with Gasteiger partial charge in [-0.1, -0.05) is 19.3 Å². The fourth-order valence-electron chi connectivity index (χ4n) is 4.03. The van der Waals surface area contributed by atoms with E-state index in [-0.39, 0.29) is 11.4 Å². The lowest BCUT2D eigenvalue weighted by atomic mass is 9.89. The fourth-order valence-corrected chi connectivity index (χ4v) is 4.03. The number of imidazole rings is 1. The van der Waals surface area contributed by atoms with Gasteiger partial charge in [0.15, 0.2) is 11.6 Å². The van der Waals surface area contributed by atoms with Gasteiger partial charge >= 0.3 is 0 Å². The maximum absolute atomic E-state index is 14.5. The van der Waals surface area contributed by atoms with Crippen LogP contribution in [0.1, 0.15) is 43.8 Å². The van der Waals surface area contributed by atoms with Gasteiger partial charge in [0, 0.05) is 32.1 Å². The first-order chi connectivity index (χ1) is 14.0. The quantitative estimate of drug-likeness (QED) is 0.576. The lowest BCUT2D eigenvalue weighted by Crippen LogP contribution is -2.11. The molecule has 5 nitrogen and oxygen atoms in total. The molecule has 0 amide bonds. The first-order valence-corrected chi connectivity index (χ1v) is 9.97. The predicted molar refractivity (Wildman–Crippen MR) is 112 cm³/mol. The number of fused-ring (bicyclic) bond motifs is 1. The number of methoxy groups -OCH3 is 1. The predicted octanol–water partition coefficient (Wildman–Crippen LogP) is 5.71. The molecular formula is C22H26F2N4O. The first kappa shape index (κ1) is 19.5. The summed E-state index contributed by atoms with van der Waals surface area (Å²) in [7, 11) is 5.16. The largest absolute Gasteiger partial charge is 0.497 e. The van der Waals surface area contributed by atoms with Crippen molar-refractivity contribution in [3.05, 3.63) is 41.7 Å². The molecule has 0 bridgehead atoms. The summed E-state index contributed by atoms with van der Waals surface area (Å²) in [5.41, 5.74) is 2.90. The van der Waals surface area contributed by atoms with Gasteiger partial charge in [-0.05, 0) is 25.0 Å². The molecule has 4 rings (SSSR count). The number of halogens is 2. The molecule has 0 atom stereocenters. The molecule has 7 heteroatoms. The number of rotatable bonds is 5. The van der Waals surface area contributed by atoms with E-state index in [0.717, 1.165) is 47.5 Å². The average molecular weight is 400 g/mol. The van der Waals surface area contributed by atoms with Gasteiger partial charge in [-0.25, -0.2) is 13.8 Å². The second-order valence-corrected chi connectivity index (χ2v) is 7.83. The SMILES string of the molecule is COc1cc(F)c(Nc2cc3[nH]c(C4CCCCC4)nc3cc2N(C)C)c(F)c1. The molecule has 154 valence electrons. The zero-order valence-electron chi connectivity index (χ0n) is 17.0. The van der Waals surface area contributed by atoms with Gasteiger partial charge in [-0.3, -0.25) is 0 Å². The number of nitrogens with one attached hydrogen (secondary N) is 2. The number of ether oxygens (including phenoxy) is 1. The number of aromatic nitrogens is 2. The highest BCUT2D eigenvalue weighted by Crippen LogP contribution is 2.37. The van der Waals surface area contributed by atoms with Gasteiger partial charge in [0.25, 0.3) is 0 Å². The van der Waals surface area contributed by atoms with Crippen molar-refractivity contribution in [1.82, 2.24) is 9.97 Å². The minimum Gasteiger partial charge on any atom is -0.497 e. The van der Waals surface area contributed by atoms with Gasteiger partial charge in [0.05, 0.1) is 29.5 Å². The zero-order chi connectivity index (χ0) is 20.5. The van der Waals surface area contributed by atoms with E-state index in [1.807, 2.05) is 31.1 Å². The van der Waals surface area contributed by atoms with E-state index in [9.17, 15) is 8.78 Å². The lowest BCUT2D eigenvalue weighted by Gasteiger charge is -2.19. The standard InChI is InChI=1S/C22H26F2N4O/c1-28(2)20-12-18-17(26-22(27-18)13-7-5-4-6-8-13)11-19(20)25-21-15(23)9-14(29-3)10-16(21)24/h9-13,25H,4-8H2,1-3H3,(H,26,27). The maximum atomic E-state index is 14.5. The molecule has 1 aliphatic carbocycles. The van der Waals surface area contributed by atoms with E-state index in [0.29, 0.717) is 11.6 Å². The Balaban J connectivity index is 1.74. The molecule has 1 heterocycles. The Morgan fingerprint density at radius 3 is 2.38 bits per heavy atom. The number of benzene rings is 2. The molecule has 0 spiro atoms. The Morgan fingerprint density at radius 1 is 1.07 bits per heavy atom. The fraction of sp³-hybridized carbons (Fsp3) is 0.409. The number of aromatic amines is 1. The number of H-pyrrole nitrogens is 1. The van der Waals surface area contributed by atoms with Crippen molar-refractivity contribution < 1.29 is 13.5 Å². The van der Waals surface area contributed by atoms with Crippen LogP contribution in [0.3, 0.4) is 0 Å².